The summed E-state index contributed by atoms with van der Waals surface area (Å²) in [6, 6.07) is 0. The lowest BCUT2D eigenvalue weighted by molar-refractivity contribution is 0.177. The Balaban J connectivity index is 3.52. The van der Waals surface area contributed by atoms with E-state index in [-0.39, 0.29) is 6.61 Å². The van der Waals surface area contributed by atoms with E-state index in [0.717, 1.165) is 12.3 Å². The SMILES string of the molecule is CCCCCCCCCCCCC(CCC[O])CCCCCCCCCC. The van der Waals surface area contributed by atoms with Crippen molar-refractivity contribution in [1.82, 2.24) is 0 Å². The molecule has 0 bridgehead atoms. The summed E-state index contributed by atoms with van der Waals surface area (Å²) >= 11 is 0. The zero-order valence-electron chi connectivity index (χ0n) is 19.2. The van der Waals surface area contributed by atoms with E-state index in [2.05, 4.69) is 13.8 Å². The van der Waals surface area contributed by atoms with Gasteiger partial charge in [-0.15, -0.1) is 0 Å². The molecule has 27 heavy (non-hydrogen) atoms. The van der Waals surface area contributed by atoms with Gasteiger partial charge in [0, 0.05) is 0 Å². The van der Waals surface area contributed by atoms with Crippen molar-refractivity contribution >= 4 is 0 Å². The highest BCUT2D eigenvalue weighted by Crippen LogP contribution is 2.23. The lowest BCUT2D eigenvalue weighted by Crippen LogP contribution is -2.02. The summed E-state index contributed by atoms with van der Waals surface area (Å²) in [7, 11) is 0. The van der Waals surface area contributed by atoms with Gasteiger partial charge in [-0.2, -0.15) is 0 Å². The van der Waals surface area contributed by atoms with Gasteiger partial charge < -0.3 is 0 Å². The molecule has 0 aliphatic heterocycles. The predicted molar refractivity (Wildman–Crippen MR) is 122 cm³/mol. The third kappa shape index (κ3) is 22.1. The molecule has 0 aromatic rings. The van der Waals surface area contributed by atoms with Crippen LogP contribution in [0.25, 0.3) is 0 Å². The summed E-state index contributed by atoms with van der Waals surface area (Å²) in [5.74, 6) is 0.841. The Bertz CT molecular complexity index is 251. The number of rotatable bonds is 23. The Kier molecular flexibility index (Phi) is 24.0. The number of unbranched alkanes of at least 4 members (excludes halogenated alkanes) is 16. The average molecular weight is 382 g/mol. The Morgan fingerprint density at radius 1 is 0.407 bits per heavy atom. The van der Waals surface area contributed by atoms with E-state index < -0.39 is 0 Å². The van der Waals surface area contributed by atoms with Crippen LogP contribution in [0.4, 0.5) is 0 Å². The van der Waals surface area contributed by atoms with Crippen molar-refractivity contribution in [3.63, 3.8) is 0 Å². The summed E-state index contributed by atoms with van der Waals surface area (Å²) < 4.78 is 0. The molecule has 0 aromatic heterocycles. The van der Waals surface area contributed by atoms with Crippen molar-refractivity contribution in [2.75, 3.05) is 6.61 Å². The predicted octanol–water partition coefficient (Wildman–Crippen LogP) is 9.66. The maximum absolute atomic E-state index is 10.9. The average Bonchev–Trinajstić information content (AvgIpc) is 2.68. The van der Waals surface area contributed by atoms with Gasteiger partial charge in [0.05, 0.1) is 6.61 Å². The van der Waals surface area contributed by atoms with Crippen LogP contribution >= 0.6 is 0 Å². The second-order valence-electron chi connectivity index (χ2n) is 8.95. The molecule has 163 valence electrons. The van der Waals surface area contributed by atoms with Crippen LogP contribution in [0.5, 0.6) is 0 Å². The molecular formula is C26H53O. The van der Waals surface area contributed by atoms with Crippen LogP contribution in [0.1, 0.15) is 155 Å². The fourth-order valence-electron chi connectivity index (χ4n) is 4.29. The Morgan fingerprint density at radius 3 is 1.04 bits per heavy atom. The second-order valence-corrected chi connectivity index (χ2v) is 8.95. The van der Waals surface area contributed by atoms with E-state index in [9.17, 15) is 5.11 Å². The fraction of sp³-hybridized carbons (Fsp3) is 1.00. The molecule has 0 spiro atoms. The van der Waals surface area contributed by atoms with Crippen molar-refractivity contribution < 1.29 is 5.11 Å². The summed E-state index contributed by atoms with van der Waals surface area (Å²) in [4.78, 5) is 0. The van der Waals surface area contributed by atoms with Gasteiger partial charge in [-0.1, -0.05) is 142 Å². The molecule has 1 unspecified atom stereocenters. The van der Waals surface area contributed by atoms with Crippen LogP contribution in [-0.2, 0) is 5.11 Å². The zero-order valence-corrected chi connectivity index (χ0v) is 19.2. The maximum atomic E-state index is 10.9. The van der Waals surface area contributed by atoms with Crippen LogP contribution in [-0.4, -0.2) is 6.61 Å². The van der Waals surface area contributed by atoms with E-state index >= 15 is 0 Å². The van der Waals surface area contributed by atoms with E-state index in [1.54, 1.807) is 0 Å². The quantitative estimate of drug-likeness (QED) is 0.157. The van der Waals surface area contributed by atoms with E-state index in [1.807, 2.05) is 0 Å². The molecule has 1 radical (unpaired) electrons. The first-order valence-corrected chi connectivity index (χ1v) is 12.9. The fourth-order valence-corrected chi connectivity index (χ4v) is 4.29. The Morgan fingerprint density at radius 2 is 0.704 bits per heavy atom. The lowest BCUT2D eigenvalue weighted by atomic mass is 9.90. The highest BCUT2D eigenvalue weighted by molar-refractivity contribution is 4.61. The van der Waals surface area contributed by atoms with Gasteiger partial charge in [0.1, 0.15) is 0 Å². The summed E-state index contributed by atoms with van der Waals surface area (Å²) in [5.41, 5.74) is 0. The van der Waals surface area contributed by atoms with Crippen molar-refractivity contribution in [2.45, 2.75) is 155 Å². The molecule has 0 amide bonds. The van der Waals surface area contributed by atoms with Crippen LogP contribution < -0.4 is 0 Å². The smallest absolute Gasteiger partial charge is 0.0822 e. The Hall–Kier alpha value is -0.0400. The standard InChI is InChI=1S/C26H53O/c1-3-5-7-9-11-13-14-16-18-20-23-26(24-21-25-27)22-19-17-15-12-10-8-6-4-2/h26H,3-25H2,1-2H3. The van der Waals surface area contributed by atoms with E-state index in [4.69, 9.17) is 0 Å². The van der Waals surface area contributed by atoms with Gasteiger partial charge in [-0.25, -0.2) is 5.11 Å². The van der Waals surface area contributed by atoms with Gasteiger partial charge in [-0.3, -0.25) is 0 Å². The molecule has 0 heterocycles. The zero-order chi connectivity index (χ0) is 19.8. The first-order valence-electron chi connectivity index (χ1n) is 12.9. The molecule has 0 fully saturated rings. The largest absolute Gasteiger partial charge is 0.237 e. The molecule has 0 aliphatic rings. The lowest BCUT2D eigenvalue weighted by Gasteiger charge is -2.16. The maximum Gasteiger partial charge on any atom is 0.0822 e. The third-order valence-electron chi connectivity index (χ3n) is 6.19. The molecule has 0 N–H and O–H groups in total. The Labute approximate surface area is 173 Å². The van der Waals surface area contributed by atoms with Crippen LogP contribution in [0, 0.1) is 5.92 Å². The summed E-state index contributed by atoms with van der Waals surface area (Å²) in [6.45, 7) is 4.71. The van der Waals surface area contributed by atoms with Gasteiger partial charge >= 0.3 is 0 Å². The van der Waals surface area contributed by atoms with Gasteiger partial charge in [0.25, 0.3) is 0 Å². The van der Waals surface area contributed by atoms with Crippen LogP contribution in [0.2, 0.25) is 0 Å². The van der Waals surface area contributed by atoms with Crippen molar-refractivity contribution in [1.29, 1.82) is 0 Å². The number of hydrogen-bond donors (Lipinski definition) is 0. The summed E-state index contributed by atoms with van der Waals surface area (Å²) in [5, 5.41) is 10.9. The molecule has 1 nitrogen and oxygen atoms in total. The first kappa shape index (κ1) is 27.0. The molecule has 0 aliphatic carbocycles. The molecule has 0 saturated heterocycles. The van der Waals surface area contributed by atoms with Crippen LogP contribution in [0.3, 0.4) is 0 Å². The molecule has 1 atom stereocenters. The molecular weight excluding hydrogens is 328 g/mol. The minimum absolute atomic E-state index is 0.131. The van der Waals surface area contributed by atoms with Gasteiger partial charge in [0.15, 0.2) is 0 Å². The molecule has 0 aromatic carbocycles. The molecule has 0 saturated carbocycles. The van der Waals surface area contributed by atoms with Crippen molar-refractivity contribution in [2.24, 2.45) is 5.92 Å². The first-order chi connectivity index (χ1) is 13.3. The van der Waals surface area contributed by atoms with Crippen molar-refractivity contribution in [3.8, 4) is 0 Å². The summed E-state index contributed by atoms with van der Waals surface area (Å²) in [6.07, 6.45) is 30.4. The van der Waals surface area contributed by atoms with Crippen LogP contribution in [0.15, 0.2) is 0 Å². The molecule has 0 rings (SSSR count). The third-order valence-corrected chi connectivity index (χ3v) is 6.19. The van der Waals surface area contributed by atoms with E-state index in [1.165, 1.54) is 135 Å². The van der Waals surface area contributed by atoms with Gasteiger partial charge in [-0.05, 0) is 18.8 Å². The highest BCUT2D eigenvalue weighted by Gasteiger charge is 2.08. The minimum Gasteiger partial charge on any atom is -0.237 e. The highest BCUT2D eigenvalue weighted by atomic mass is 16.2. The molecule has 1 heteroatoms. The monoisotopic (exact) mass is 381 g/mol. The van der Waals surface area contributed by atoms with Crippen molar-refractivity contribution in [3.05, 3.63) is 0 Å². The topological polar surface area (TPSA) is 19.9 Å². The normalized spacial score (nSPS) is 12.6. The number of hydrogen-bond acceptors (Lipinski definition) is 0. The minimum atomic E-state index is 0.131. The van der Waals surface area contributed by atoms with E-state index in [0.29, 0.717) is 0 Å². The second kappa shape index (κ2) is 24.0. The van der Waals surface area contributed by atoms with Gasteiger partial charge in [0.2, 0.25) is 0 Å².